The van der Waals surface area contributed by atoms with E-state index in [0.29, 0.717) is 48.0 Å². The van der Waals surface area contributed by atoms with Crippen LogP contribution in [0.15, 0.2) is 96.5 Å². The number of nitrogens with zero attached hydrogens (tertiary/aromatic N) is 3. The minimum Gasteiger partial charge on any atom is -0.489 e. The number of rotatable bonds is 24. The van der Waals surface area contributed by atoms with Crippen molar-refractivity contribution < 1.29 is 62.6 Å². The Hall–Kier alpha value is -8.08. The molecule has 3 aliphatic heterocycles. The molecule has 0 radical (unpaired) electrons. The molecule has 0 unspecified atom stereocenters. The lowest BCUT2D eigenvalue weighted by molar-refractivity contribution is -0.144. The van der Waals surface area contributed by atoms with Crippen LogP contribution in [-0.2, 0) is 59.1 Å². The molecular formula is C63H74N9O13PS. The first kappa shape index (κ1) is 63.4. The summed E-state index contributed by atoms with van der Waals surface area (Å²) in [6.45, 7) is 9.46. The van der Waals surface area contributed by atoms with Gasteiger partial charge in [0.15, 0.2) is 0 Å². The van der Waals surface area contributed by atoms with Crippen molar-refractivity contribution in [2.45, 2.75) is 154 Å². The Morgan fingerprint density at radius 3 is 2.34 bits per heavy atom. The number of hydrogen-bond donors (Lipinski definition) is 9. The van der Waals surface area contributed by atoms with Crippen molar-refractivity contribution in [3.05, 3.63) is 136 Å². The van der Waals surface area contributed by atoms with Gasteiger partial charge < -0.3 is 56.5 Å². The average Bonchev–Trinajstić information content (AvgIpc) is 1.76. The summed E-state index contributed by atoms with van der Waals surface area (Å²) < 4.78 is 18.1. The number of benzene rings is 4. The van der Waals surface area contributed by atoms with E-state index in [1.54, 1.807) is 29.8 Å². The number of fused-ring (bicyclic) bond motifs is 1. The van der Waals surface area contributed by atoms with Crippen LogP contribution in [0.4, 0.5) is 5.69 Å². The quantitative estimate of drug-likeness (QED) is 0.0246. The highest BCUT2D eigenvalue weighted by molar-refractivity contribution is 7.70. The van der Waals surface area contributed by atoms with Crippen molar-refractivity contribution in [2.75, 3.05) is 11.4 Å². The maximum atomic E-state index is 14.6. The summed E-state index contributed by atoms with van der Waals surface area (Å²) in [5.74, 6) is -2.85. The minimum atomic E-state index is -5.06. The molecule has 22 nitrogen and oxygen atoms in total. The van der Waals surface area contributed by atoms with E-state index >= 15 is 0 Å². The van der Waals surface area contributed by atoms with Gasteiger partial charge in [-0.3, -0.25) is 47.8 Å². The number of β-amino-alcohol motifs (C(OH)–C–C–N with tert-alkyl or cyclic N) is 1. The molecule has 0 saturated carbocycles. The second-order valence-corrected chi connectivity index (χ2v) is 26.2. The lowest BCUT2D eigenvalue weighted by atomic mass is 9.85. The van der Waals surface area contributed by atoms with E-state index in [-0.39, 0.29) is 74.7 Å². The molecule has 1 fully saturated rings. The van der Waals surface area contributed by atoms with E-state index in [0.717, 1.165) is 44.8 Å². The van der Waals surface area contributed by atoms with Gasteiger partial charge in [-0.15, -0.1) is 11.3 Å². The number of aromatic nitrogens is 2. The monoisotopic (exact) mass is 1230 g/mol. The molecule has 460 valence electrons. The standard InChI is InChI=1S/C63H74N9O13PS/c1-35-55(87-34-66-35)40-19-17-38(18-20-40)32-65-58(77)50-31-44(73)33-71(50)61(80)56(63(3,4)5)70-53(75)16-8-6-7-11-37-12-9-15-45(27-37)85-36(2)46(25-26-52(64)74)68-59(78)51-30-41-14-10-13-39-21-24-48(60(79)72(51)54(39)41)69-57(76)49-29-43-28-42(22-23-47(43)67-49)62(81)86(82,83)84/h9-10,12-15,17-20,22-23,27-29,34,36,44,46,48,50-51,56,67,73H,6-8,11,16,21,24-26,30-33H2,1-5H3,(H2,64,74)(H,65,77)(H,68,78)(H,69,76)(H,70,75)(H2,82,83,84)/t36-,44-,46+,48+,50+,51+,56-/m1/s1. The van der Waals surface area contributed by atoms with E-state index in [2.05, 4.69) is 31.2 Å². The third-order valence-electron chi connectivity index (χ3n) is 16.3. The first-order chi connectivity index (χ1) is 41.3. The van der Waals surface area contributed by atoms with E-state index in [1.807, 2.05) is 88.4 Å². The van der Waals surface area contributed by atoms with E-state index in [1.165, 1.54) is 34.1 Å². The molecule has 4 aromatic carbocycles. The molecule has 2 aromatic heterocycles. The predicted molar refractivity (Wildman–Crippen MR) is 326 cm³/mol. The molecule has 0 bridgehead atoms. The Kier molecular flexibility index (Phi) is 19.6. The number of likely N-dealkylation sites (tertiary alicyclic amines) is 1. The van der Waals surface area contributed by atoms with Gasteiger partial charge in [0.2, 0.25) is 35.4 Å². The first-order valence-corrected chi connectivity index (χ1v) is 31.7. The Morgan fingerprint density at radius 1 is 0.885 bits per heavy atom. The smallest absolute Gasteiger partial charge is 0.396 e. The number of ether oxygens (including phenoxy) is 1. The Balaban J connectivity index is 0.766. The van der Waals surface area contributed by atoms with Crippen molar-refractivity contribution in [1.29, 1.82) is 0 Å². The van der Waals surface area contributed by atoms with Crippen LogP contribution in [0.3, 0.4) is 0 Å². The summed E-state index contributed by atoms with van der Waals surface area (Å²) in [5.41, 5.74) is 11.6. The fourth-order valence-electron chi connectivity index (χ4n) is 11.6. The topological polar surface area (TPSA) is 333 Å². The van der Waals surface area contributed by atoms with Gasteiger partial charge in [0.05, 0.1) is 33.9 Å². The normalized spacial score (nSPS) is 18.5. The SMILES string of the molecule is Cc1ncsc1-c1ccc(CNC(=O)[C@@H]2C[C@@H](O)CN2C(=O)[C@@H](NC(=O)CCCCCc2cccc(O[C@H](C)[C@H](CCC(N)=O)NC(=O)[C@@H]3Cc4cccc5c4N3C(=O)[C@@H](NC(=O)c3cc4cc(C(=O)P(=O)(O)O)ccc4[nH]3)CC5)c2)C(C)(C)C)cc1. The summed E-state index contributed by atoms with van der Waals surface area (Å²) in [6, 6.07) is 21.5. The molecule has 87 heavy (non-hydrogen) atoms. The number of amides is 7. The second-order valence-electron chi connectivity index (χ2n) is 23.8. The minimum absolute atomic E-state index is 0.0334. The van der Waals surface area contributed by atoms with Gasteiger partial charge in [-0.25, -0.2) is 4.98 Å². The van der Waals surface area contributed by atoms with Gasteiger partial charge in [0, 0.05) is 55.2 Å². The van der Waals surface area contributed by atoms with Crippen LogP contribution in [0, 0.1) is 12.3 Å². The maximum absolute atomic E-state index is 14.6. The number of para-hydroxylation sites is 1. The van der Waals surface area contributed by atoms with E-state index in [4.69, 9.17) is 10.5 Å². The fraction of sp³-hybridized carbons (Fsp3) is 0.413. The summed E-state index contributed by atoms with van der Waals surface area (Å²) >= 11 is 1.56. The lowest BCUT2D eigenvalue weighted by Gasteiger charge is -2.35. The second kappa shape index (κ2) is 26.9. The number of hydrogen-bond acceptors (Lipinski definition) is 13. The van der Waals surface area contributed by atoms with Gasteiger partial charge in [-0.05, 0) is 122 Å². The molecular weight excluding hydrogens is 1150 g/mol. The Bertz CT molecular complexity index is 3650. The largest absolute Gasteiger partial charge is 0.489 e. The number of nitrogens with one attached hydrogen (secondary N) is 5. The third-order valence-corrected chi connectivity index (χ3v) is 18.1. The molecule has 6 aromatic rings. The molecule has 0 aliphatic carbocycles. The van der Waals surface area contributed by atoms with Gasteiger partial charge >= 0.3 is 7.60 Å². The number of aryl methyl sites for hydroxylation is 3. The number of nitrogens with two attached hydrogens (primary N) is 1. The number of aliphatic hydroxyl groups is 1. The van der Waals surface area contributed by atoms with Crippen LogP contribution < -0.4 is 36.6 Å². The predicted octanol–water partition coefficient (Wildman–Crippen LogP) is 6.05. The number of unbranched alkanes of at least 4 members (excludes halogenated alkanes) is 2. The van der Waals surface area contributed by atoms with Crippen molar-refractivity contribution in [3.63, 3.8) is 0 Å². The lowest BCUT2D eigenvalue weighted by Crippen LogP contribution is -2.57. The van der Waals surface area contributed by atoms with Gasteiger partial charge in [0.1, 0.15) is 41.7 Å². The number of primary amides is 1. The highest BCUT2D eigenvalue weighted by Gasteiger charge is 2.46. The first-order valence-electron chi connectivity index (χ1n) is 29.2. The van der Waals surface area contributed by atoms with Crippen LogP contribution in [0.25, 0.3) is 21.3 Å². The van der Waals surface area contributed by atoms with Crippen LogP contribution in [-0.4, -0.2) is 126 Å². The molecule has 10 N–H and O–H groups in total. The molecule has 9 rings (SSSR count). The van der Waals surface area contributed by atoms with Crippen molar-refractivity contribution in [2.24, 2.45) is 11.1 Å². The van der Waals surface area contributed by atoms with E-state index < -0.39 is 90.5 Å². The highest BCUT2D eigenvalue weighted by atomic mass is 32.1. The number of H-pyrrole nitrogens is 1. The maximum Gasteiger partial charge on any atom is 0.396 e. The summed E-state index contributed by atoms with van der Waals surface area (Å²) in [6.07, 6.45) is 2.11. The van der Waals surface area contributed by atoms with Crippen LogP contribution in [0.5, 0.6) is 5.75 Å². The van der Waals surface area contributed by atoms with Crippen molar-refractivity contribution >= 4 is 82.4 Å². The zero-order chi connectivity index (χ0) is 62.5. The third kappa shape index (κ3) is 15.2. The van der Waals surface area contributed by atoms with Crippen molar-refractivity contribution in [1.82, 2.24) is 36.1 Å². The molecule has 5 heterocycles. The number of aliphatic hydroxyl groups excluding tert-OH is 1. The zero-order valence-corrected chi connectivity index (χ0v) is 50.9. The van der Waals surface area contributed by atoms with Crippen LogP contribution in [0.2, 0.25) is 0 Å². The number of aromatic amines is 1. The molecule has 7 amide bonds. The van der Waals surface area contributed by atoms with Crippen molar-refractivity contribution in [3.8, 4) is 16.2 Å². The Labute approximate surface area is 507 Å². The van der Waals surface area contributed by atoms with Crippen LogP contribution in [0.1, 0.15) is 128 Å². The van der Waals surface area contributed by atoms with Gasteiger partial charge in [-0.1, -0.05) is 81.8 Å². The van der Waals surface area contributed by atoms with Gasteiger partial charge in [0.25, 0.3) is 11.4 Å². The number of thiazole rings is 1. The molecule has 0 spiro atoms. The summed E-state index contributed by atoms with van der Waals surface area (Å²) in [4.78, 5) is 139. The Morgan fingerprint density at radius 2 is 1.63 bits per heavy atom. The molecule has 24 heteroatoms. The zero-order valence-electron chi connectivity index (χ0n) is 49.2. The van der Waals surface area contributed by atoms with Gasteiger partial charge in [-0.2, -0.15) is 0 Å². The average molecular weight is 1230 g/mol. The highest BCUT2D eigenvalue weighted by Crippen LogP contribution is 2.41. The molecule has 7 atom stereocenters. The molecule has 3 aliphatic rings. The summed E-state index contributed by atoms with van der Waals surface area (Å²) in [5, 5.41) is 22.8. The van der Waals surface area contributed by atoms with Crippen LogP contribution >= 0.6 is 18.9 Å². The fourth-order valence-corrected chi connectivity index (χ4v) is 12.9. The molecule has 1 saturated heterocycles. The van der Waals surface area contributed by atoms with E-state index in [9.17, 15) is 57.8 Å². The number of carbonyl (C=O) groups excluding carboxylic acids is 8. The summed E-state index contributed by atoms with van der Waals surface area (Å²) in [7, 11) is -5.06. The number of carbonyl (C=O) groups is 8. The number of anilines is 1.